The standard InChI is InChI=1S/C13H13F3N4O2S/c1-23-8-10-7-20(19-18-10)12(21)17-6-9-3-2-4-11(5-9)22-13(14,15)16/h2-5,7H,6,8H2,1H3,(H,17,21). The van der Waals surface area contributed by atoms with Crippen molar-refractivity contribution >= 4 is 17.8 Å². The number of hydrogen-bond acceptors (Lipinski definition) is 5. The van der Waals surface area contributed by atoms with E-state index in [1.54, 1.807) is 17.8 Å². The largest absolute Gasteiger partial charge is 0.573 e. The fourth-order valence-corrected chi connectivity index (χ4v) is 2.15. The van der Waals surface area contributed by atoms with Gasteiger partial charge in [-0.1, -0.05) is 17.3 Å². The summed E-state index contributed by atoms with van der Waals surface area (Å²) in [5.41, 5.74) is 1.12. The zero-order valence-corrected chi connectivity index (χ0v) is 12.8. The molecule has 0 saturated heterocycles. The molecule has 0 aliphatic heterocycles. The summed E-state index contributed by atoms with van der Waals surface area (Å²) in [4.78, 5) is 11.9. The van der Waals surface area contributed by atoms with Crippen molar-refractivity contribution in [3.05, 3.63) is 41.7 Å². The van der Waals surface area contributed by atoms with Gasteiger partial charge in [0.15, 0.2) is 0 Å². The molecule has 10 heteroatoms. The second kappa shape index (κ2) is 7.36. The molecule has 124 valence electrons. The minimum absolute atomic E-state index is 0.0333. The summed E-state index contributed by atoms with van der Waals surface area (Å²) < 4.78 is 41.3. The molecule has 0 bridgehead atoms. The molecule has 1 aromatic heterocycles. The highest BCUT2D eigenvalue weighted by Gasteiger charge is 2.31. The number of nitrogens with zero attached hydrogens (tertiary/aromatic N) is 3. The monoisotopic (exact) mass is 346 g/mol. The maximum absolute atomic E-state index is 12.2. The molecule has 0 unspecified atom stereocenters. The van der Waals surface area contributed by atoms with Gasteiger partial charge in [-0.15, -0.1) is 18.3 Å². The van der Waals surface area contributed by atoms with E-state index in [4.69, 9.17) is 0 Å². The minimum Gasteiger partial charge on any atom is -0.406 e. The van der Waals surface area contributed by atoms with Crippen molar-refractivity contribution in [2.24, 2.45) is 0 Å². The zero-order valence-electron chi connectivity index (χ0n) is 12.0. The van der Waals surface area contributed by atoms with Crippen molar-refractivity contribution in [3.63, 3.8) is 0 Å². The van der Waals surface area contributed by atoms with Crippen LogP contribution in [-0.2, 0) is 12.3 Å². The highest BCUT2D eigenvalue weighted by molar-refractivity contribution is 7.97. The fourth-order valence-electron chi connectivity index (χ4n) is 1.72. The average molecular weight is 346 g/mol. The first-order chi connectivity index (χ1) is 10.9. The minimum atomic E-state index is -4.75. The molecular formula is C13H13F3N4O2S. The summed E-state index contributed by atoms with van der Waals surface area (Å²) in [7, 11) is 0. The van der Waals surface area contributed by atoms with Crippen LogP contribution in [0.5, 0.6) is 5.75 Å². The van der Waals surface area contributed by atoms with E-state index in [0.29, 0.717) is 17.0 Å². The van der Waals surface area contributed by atoms with Crippen LogP contribution in [0.2, 0.25) is 0 Å². The third-order valence-electron chi connectivity index (χ3n) is 2.62. The third kappa shape index (κ3) is 5.47. The molecule has 2 rings (SSSR count). The molecule has 0 aliphatic rings. The van der Waals surface area contributed by atoms with E-state index >= 15 is 0 Å². The third-order valence-corrected chi connectivity index (χ3v) is 3.20. The predicted octanol–water partition coefficient (Wildman–Crippen LogP) is 2.80. The van der Waals surface area contributed by atoms with Crippen LogP contribution in [0.1, 0.15) is 11.3 Å². The smallest absolute Gasteiger partial charge is 0.406 e. The topological polar surface area (TPSA) is 69.0 Å². The Balaban J connectivity index is 1.94. The lowest BCUT2D eigenvalue weighted by molar-refractivity contribution is -0.274. The number of hydrogen-bond donors (Lipinski definition) is 1. The van der Waals surface area contributed by atoms with E-state index in [0.717, 1.165) is 4.68 Å². The summed E-state index contributed by atoms with van der Waals surface area (Å²) in [5, 5.41) is 10.0. The van der Waals surface area contributed by atoms with E-state index in [2.05, 4.69) is 20.4 Å². The molecule has 1 amide bonds. The number of thioether (sulfide) groups is 1. The molecule has 0 spiro atoms. The van der Waals surface area contributed by atoms with Crippen molar-refractivity contribution in [1.29, 1.82) is 0 Å². The summed E-state index contributed by atoms with van der Waals surface area (Å²) in [6.45, 7) is 0.0333. The lowest BCUT2D eigenvalue weighted by Gasteiger charge is -2.10. The number of halogens is 3. The quantitative estimate of drug-likeness (QED) is 0.902. The molecule has 1 aromatic carbocycles. The van der Waals surface area contributed by atoms with Crippen molar-refractivity contribution < 1.29 is 22.7 Å². The van der Waals surface area contributed by atoms with Crippen LogP contribution >= 0.6 is 11.8 Å². The van der Waals surface area contributed by atoms with Crippen LogP contribution < -0.4 is 10.1 Å². The zero-order chi connectivity index (χ0) is 16.9. The Morgan fingerprint density at radius 3 is 2.91 bits per heavy atom. The van der Waals surface area contributed by atoms with Crippen LogP contribution in [0.3, 0.4) is 0 Å². The van der Waals surface area contributed by atoms with E-state index in [1.165, 1.54) is 24.4 Å². The van der Waals surface area contributed by atoms with Crippen molar-refractivity contribution in [2.75, 3.05) is 6.26 Å². The van der Waals surface area contributed by atoms with Crippen molar-refractivity contribution in [1.82, 2.24) is 20.3 Å². The van der Waals surface area contributed by atoms with Gasteiger partial charge in [0.2, 0.25) is 0 Å². The molecule has 0 radical (unpaired) electrons. The summed E-state index contributed by atoms with van der Waals surface area (Å²) in [6, 6.07) is 4.85. The van der Waals surface area contributed by atoms with Crippen LogP contribution in [0.4, 0.5) is 18.0 Å². The number of aromatic nitrogens is 3. The number of carbonyl (C=O) groups excluding carboxylic acids is 1. The second-order valence-corrected chi connectivity index (χ2v) is 5.31. The number of rotatable bonds is 5. The molecule has 23 heavy (non-hydrogen) atoms. The highest BCUT2D eigenvalue weighted by atomic mass is 32.2. The van der Waals surface area contributed by atoms with Crippen LogP contribution in [0, 0.1) is 0 Å². The Morgan fingerprint density at radius 2 is 2.22 bits per heavy atom. The predicted molar refractivity (Wildman–Crippen MR) is 78.0 cm³/mol. The van der Waals surface area contributed by atoms with Gasteiger partial charge in [-0.05, 0) is 24.0 Å². The molecule has 2 aromatic rings. The van der Waals surface area contributed by atoms with E-state index < -0.39 is 12.4 Å². The maximum Gasteiger partial charge on any atom is 0.573 e. The molecule has 0 saturated carbocycles. The maximum atomic E-state index is 12.2. The van der Waals surface area contributed by atoms with Gasteiger partial charge in [-0.3, -0.25) is 0 Å². The number of amides is 1. The molecule has 1 N–H and O–H groups in total. The van der Waals surface area contributed by atoms with Crippen LogP contribution in [0.25, 0.3) is 0 Å². The lowest BCUT2D eigenvalue weighted by atomic mass is 10.2. The van der Waals surface area contributed by atoms with Gasteiger partial charge in [0, 0.05) is 12.3 Å². The van der Waals surface area contributed by atoms with Gasteiger partial charge in [0.25, 0.3) is 0 Å². The number of ether oxygens (including phenoxy) is 1. The van der Waals surface area contributed by atoms with Gasteiger partial charge in [0.1, 0.15) is 5.75 Å². The number of carbonyl (C=O) groups is 1. The van der Waals surface area contributed by atoms with Gasteiger partial charge >= 0.3 is 12.4 Å². The summed E-state index contributed by atoms with van der Waals surface area (Å²) in [5.74, 6) is 0.289. The molecular weight excluding hydrogens is 333 g/mol. The summed E-state index contributed by atoms with van der Waals surface area (Å²) in [6.07, 6.45) is -1.36. The number of nitrogens with one attached hydrogen (secondary N) is 1. The molecule has 0 aliphatic carbocycles. The molecule has 0 fully saturated rings. The van der Waals surface area contributed by atoms with Gasteiger partial charge in [-0.2, -0.15) is 16.4 Å². The normalized spacial score (nSPS) is 11.3. The van der Waals surface area contributed by atoms with Crippen LogP contribution in [0.15, 0.2) is 30.5 Å². The average Bonchev–Trinajstić information content (AvgIpc) is 2.92. The Morgan fingerprint density at radius 1 is 1.43 bits per heavy atom. The Labute approximate surface area is 134 Å². The Kier molecular flexibility index (Phi) is 5.48. The summed E-state index contributed by atoms with van der Waals surface area (Å²) >= 11 is 1.54. The van der Waals surface area contributed by atoms with Gasteiger partial charge in [0.05, 0.1) is 11.9 Å². The van der Waals surface area contributed by atoms with E-state index in [-0.39, 0.29) is 12.3 Å². The molecule has 0 atom stereocenters. The van der Waals surface area contributed by atoms with Crippen molar-refractivity contribution in [2.45, 2.75) is 18.7 Å². The number of benzene rings is 1. The Hall–Kier alpha value is -2.23. The molecule has 6 nitrogen and oxygen atoms in total. The fraction of sp³-hybridized carbons (Fsp3) is 0.308. The van der Waals surface area contributed by atoms with E-state index in [9.17, 15) is 18.0 Å². The second-order valence-electron chi connectivity index (χ2n) is 4.44. The van der Waals surface area contributed by atoms with Crippen molar-refractivity contribution in [3.8, 4) is 5.75 Å². The first-order valence-electron chi connectivity index (χ1n) is 6.40. The first kappa shape index (κ1) is 17.1. The highest BCUT2D eigenvalue weighted by Crippen LogP contribution is 2.23. The SMILES string of the molecule is CSCc1cn(C(=O)NCc2cccc(OC(F)(F)F)c2)nn1. The number of alkyl halides is 3. The van der Waals surface area contributed by atoms with E-state index in [1.807, 2.05) is 6.26 Å². The first-order valence-corrected chi connectivity index (χ1v) is 7.80. The van der Waals surface area contributed by atoms with Gasteiger partial charge < -0.3 is 10.1 Å². The van der Waals surface area contributed by atoms with Crippen LogP contribution in [-0.4, -0.2) is 33.6 Å². The Bertz CT molecular complexity index is 675. The van der Waals surface area contributed by atoms with Gasteiger partial charge in [-0.25, -0.2) is 4.79 Å². The molecule has 1 heterocycles. The lowest BCUT2D eigenvalue weighted by Crippen LogP contribution is -2.28.